The van der Waals surface area contributed by atoms with Crippen LogP contribution in [-0.2, 0) is 4.74 Å². The summed E-state index contributed by atoms with van der Waals surface area (Å²) in [5, 5.41) is 3.65. The van der Waals surface area contributed by atoms with Crippen molar-refractivity contribution in [2.24, 2.45) is 0 Å². The Balaban J connectivity index is 2.54. The fraction of sp³-hybridized carbons (Fsp3) is 0.167. The molecule has 2 rings (SSSR count). The summed E-state index contributed by atoms with van der Waals surface area (Å²) in [5.41, 5.74) is 2.71. The van der Waals surface area contributed by atoms with Crippen molar-refractivity contribution in [2.45, 2.75) is 6.92 Å². The zero-order valence-corrected chi connectivity index (χ0v) is 9.20. The molecule has 0 atom stereocenters. The average molecular weight is 217 g/mol. The molecule has 0 aliphatic rings. The van der Waals surface area contributed by atoms with Gasteiger partial charge in [-0.1, -0.05) is 12.1 Å². The van der Waals surface area contributed by atoms with Gasteiger partial charge in [0.2, 0.25) is 5.52 Å². The maximum Gasteiger partial charge on any atom is 0.411 e. The molecule has 0 saturated carbocycles. The molecule has 0 saturated heterocycles. The number of hydrogen-bond acceptors (Lipinski definition) is 2. The molecule has 4 heteroatoms. The number of aromatic amines is 1. The van der Waals surface area contributed by atoms with Gasteiger partial charge in [-0.3, -0.25) is 5.32 Å². The van der Waals surface area contributed by atoms with Gasteiger partial charge >= 0.3 is 6.09 Å². The van der Waals surface area contributed by atoms with Gasteiger partial charge in [-0.05, 0) is 6.07 Å². The van der Waals surface area contributed by atoms with Crippen molar-refractivity contribution in [1.82, 2.24) is 0 Å². The molecular weight excluding hydrogens is 204 g/mol. The van der Waals surface area contributed by atoms with E-state index in [1.165, 1.54) is 7.11 Å². The molecule has 2 N–H and O–H groups in total. The lowest BCUT2D eigenvalue weighted by atomic mass is 10.1. The Morgan fingerprint density at radius 2 is 2.12 bits per heavy atom. The molecule has 0 unspecified atom stereocenters. The van der Waals surface area contributed by atoms with Gasteiger partial charge < -0.3 is 4.74 Å². The SMILES string of the molecule is COC(=O)Nc1cc(C)[nH+]c2ccccc12. The number of carbonyl (C=O) groups excluding carboxylic acids is 1. The number of aromatic nitrogens is 1. The number of para-hydroxylation sites is 1. The summed E-state index contributed by atoms with van der Waals surface area (Å²) in [5.74, 6) is 0. The average Bonchev–Trinajstić information content (AvgIpc) is 2.28. The summed E-state index contributed by atoms with van der Waals surface area (Å²) in [6.07, 6.45) is -0.462. The Morgan fingerprint density at radius 3 is 2.88 bits per heavy atom. The number of anilines is 1. The van der Waals surface area contributed by atoms with E-state index in [0.29, 0.717) is 0 Å². The van der Waals surface area contributed by atoms with Gasteiger partial charge in [0.05, 0.1) is 18.2 Å². The van der Waals surface area contributed by atoms with E-state index in [2.05, 4.69) is 15.0 Å². The van der Waals surface area contributed by atoms with Crippen molar-refractivity contribution in [1.29, 1.82) is 0 Å². The van der Waals surface area contributed by atoms with Crippen molar-refractivity contribution in [3.8, 4) is 0 Å². The molecular formula is C12H13N2O2+. The van der Waals surface area contributed by atoms with Crippen LogP contribution in [-0.4, -0.2) is 13.2 Å². The highest BCUT2D eigenvalue weighted by Gasteiger charge is 2.10. The minimum absolute atomic E-state index is 0.462. The van der Waals surface area contributed by atoms with Crippen molar-refractivity contribution < 1.29 is 14.5 Å². The summed E-state index contributed by atoms with van der Waals surface area (Å²) < 4.78 is 4.58. The van der Waals surface area contributed by atoms with E-state index in [0.717, 1.165) is 22.3 Å². The number of methoxy groups -OCH3 is 1. The van der Waals surface area contributed by atoms with E-state index < -0.39 is 6.09 Å². The standard InChI is InChI=1S/C12H12N2O2/c1-8-7-11(14-12(15)16-2)9-5-3-4-6-10(9)13-8/h3-7H,1-2H3,(H,13,14,15)/p+1. The third-order valence-electron chi connectivity index (χ3n) is 2.33. The Kier molecular flexibility index (Phi) is 2.72. The molecule has 0 radical (unpaired) electrons. The van der Waals surface area contributed by atoms with Crippen LogP contribution in [0, 0.1) is 6.92 Å². The van der Waals surface area contributed by atoms with E-state index in [4.69, 9.17) is 0 Å². The molecule has 2 aromatic rings. The summed E-state index contributed by atoms with van der Waals surface area (Å²) in [7, 11) is 1.35. The first kappa shape index (κ1) is 10.4. The number of ether oxygens (including phenoxy) is 1. The highest BCUT2D eigenvalue weighted by atomic mass is 16.5. The fourth-order valence-electron chi connectivity index (χ4n) is 1.63. The van der Waals surface area contributed by atoms with Crippen LogP contribution in [0.2, 0.25) is 0 Å². The number of pyridine rings is 1. The van der Waals surface area contributed by atoms with Crippen molar-refractivity contribution in [3.05, 3.63) is 36.0 Å². The van der Waals surface area contributed by atoms with Crippen molar-refractivity contribution in [2.75, 3.05) is 12.4 Å². The predicted molar refractivity (Wildman–Crippen MR) is 61.3 cm³/mol. The van der Waals surface area contributed by atoms with Gasteiger partial charge in [0.25, 0.3) is 0 Å². The quantitative estimate of drug-likeness (QED) is 0.795. The number of fused-ring (bicyclic) bond motifs is 1. The maximum absolute atomic E-state index is 11.2. The van der Waals surface area contributed by atoms with Crippen LogP contribution >= 0.6 is 0 Å². The molecule has 4 nitrogen and oxygen atoms in total. The van der Waals surface area contributed by atoms with Gasteiger partial charge in [-0.2, -0.15) is 0 Å². The number of benzene rings is 1. The number of H-pyrrole nitrogens is 1. The molecule has 1 aromatic heterocycles. The second kappa shape index (κ2) is 4.18. The summed E-state index contributed by atoms with van der Waals surface area (Å²) in [6.45, 7) is 1.94. The number of nitrogens with one attached hydrogen (secondary N) is 2. The van der Waals surface area contributed by atoms with Gasteiger partial charge in [-0.15, -0.1) is 0 Å². The van der Waals surface area contributed by atoms with Crippen molar-refractivity contribution in [3.63, 3.8) is 0 Å². The van der Waals surface area contributed by atoms with Gasteiger partial charge in [0.1, 0.15) is 0 Å². The molecule has 0 aliphatic carbocycles. The second-order valence-corrected chi connectivity index (χ2v) is 3.53. The maximum atomic E-state index is 11.2. The number of carbonyl (C=O) groups is 1. The van der Waals surface area contributed by atoms with Gasteiger partial charge in [0, 0.05) is 19.1 Å². The number of hydrogen-bond donors (Lipinski definition) is 1. The molecule has 1 amide bonds. The molecule has 0 bridgehead atoms. The van der Waals surface area contributed by atoms with Gasteiger partial charge in [0.15, 0.2) is 5.69 Å². The molecule has 0 aliphatic heterocycles. The molecule has 1 heterocycles. The first-order valence-corrected chi connectivity index (χ1v) is 4.97. The molecule has 0 fully saturated rings. The van der Waals surface area contributed by atoms with E-state index in [1.807, 2.05) is 37.3 Å². The zero-order chi connectivity index (χ0) is 11.5. The molecule has 82 valence electrons. The fourth-order valence-corrected chi connectivity index (χ4v) is 1.63. The second-order valence-electron chi connectivity index (χ2n) is 3.53. The summed E-state index contributed by atoms with van der Waals surface area (Å²) in [4.78, 5) is 14.4. The normalized spacial score (nSPS) is 10.1. The number of amides is 1. The lowest BCUT2D eigenvalue weighted by Crippen LogP contribution is -2.15. The lowest BCUT2D eigenvalue weighted by molar-refractivity contribution is -0.354. The summed E-state index contributed by atoms with van der Waals surface area (Å²) >= 11 is 0. The van der Waals surface area contributed by atoms with Crippen LogP contribution < -0.4 is 10.3 Å². The molecule has 16 heavy (non-hydrogen) atoms. The van der Waals surface area contributed by atoms with Crippen molar-refractivity contribution >= 4 is 22.7 Å². The predicted octanol–water partition coefficient (Wildman–Crippen LogP) is 2.14. The van der Waals surface area contributed by atoms with Crippen LogP contribution in [0.25, 0.3) is 10.9 Å². The minimum atomic E-state index is -0.462. The van der Waals surface area contributed by atoms with E-state index in [1.54, 1.807) is 0 Å². The number of rotatable bonds is 1. The van der Waals surface area contributed by atoms with Gasteiger partial charge in [-0.25, -0.2) is 9.78 Å². The van der Waals surface area contributed by atoms with Crippen LogP contribution in [0.5, 0.6) is 0 Å². The smallest absolute Gasteiger partial charge is 0.411 e. The van der Waals surface area contributed by atoms with E-state index >= 15 is 0 Å². The molecule has 1 aromatic carbocycles. The molecule has 0 spiro atoms. The lowest BCUT2D eigenvalue weighted by Gasteiger charge is -2.05. The zero-order valence-electron chi connectivity index (χ0n) is 9.20. The monoisotopic (exact) mass is 217 g/mol. The van der Waals surface area contributed by atoms with Crippen LogP contribution in [0.4, 0.5) is 10.5 Å². The third kappa shape index (κ3) is 1.95. The van der Waals surface area contributed by atoms with E-state index in [9.17, 15) is 4.79 Å². The summed E-state index contributed by atoms with van der Waals surface area (Å²) in [6, 6.07) is 9.65. The Bertz CT molecular complexity index is 538. The third-order valence-corrected chi connectivity index (χ3v) is 2.33. The topological polar surface area (TPSA) is 52.5 Å². The minimum Gasteiger partial charge on any atom is -0.453 e. The first-order valence-electron chi connectivity index (χ1n) is 4.97. The Labute approximate surface area is 93.3 Å². The highest BCUT2D eigenvalue weighted by Crippen LogP contribution is 2.20. The van der Waals surface area contributed by atoms with Crippen LogP contribution in [0.3, 0.4) is 0 Å². The van der Waals surface area contributed by atoms with Crippen LogP contribution in [0.1, 0.15) is 5.69 Å². The largest absolute Gasteiger partial charge is 0.453 e. The Hall–Kier alpha value is -2.10. The first-order chi connectivity index (χ1) is 7.70. The highest BCUT2D eigenvalue weighted by molar-refractivity contribution is 5.97. The van der Waals surface area contributed by atoms with E-state index in [-0.39, 0.29) is 0 Å². The number of aryl methyl sites for hydroxylation is 1. The Morgan fingerprint density at radius 1 is 1.38 bits per heavy atom. The van der Waals surface area contributed by atoms with Crippen LogP contribution in [0.15, 0.2) is 30.3 Å².